The van der Waals surface area contributed by atoms with Gasteiger partial charge in [0.25, 0.3) is 5.91 Å². The third-order valence-corrected chi connectivity index (χ3v) is 5.28. The van der Waals surface area contributed by atoms with Crippen molar-refractivity contribution in [2.24, 2.45) is 4.99 Å². The van der Waals surface area contributed by atoms with Crippen molar-refractivity contribution in [1.29, 1.82) is 0 Å². The van der Waals surface area contributed by atoms with Gasteiger partial charge in [-0.3, -0.25) is 9.59 Å². The van der Waals surface area contributed by atoms with Crippen LogP contribution in [-0.4, -0.2) is 27.8 Å². The molecule has 0 radical (unpaired) electrons. The Morgan fingerprint density at radius 3 is 2.72 bits per heavy atom. The summed E-state index contributed by atoms with van der Waals surface area (Å²) in [6, 6.07) is 9.56. The number of carboxylic acids is 1. The molecule has 7 nitrogen and oxygen atoms in total. The number of amides is 1. The molecule has 0 atom stereocenters. The summed E-state index contributed by atoms with van der Waals surface area (Å²) in [5, 5.41) is 15.1. The molecule has 2 aliphatic rings. The van der Waals surface area contributed by atoms with Crippen molar-refractivity contribution in [2.45, 2.75) is 33.1 Å². The van der Waals surface area contributed by atoms with Crippen LogP contribution in [0.4, 0.5) is 5.82 Å². The number of carbonyl (C=O) groups is 2. The fourth-order valence-corrected chi connectivity index (χ4v) is 3.60. The van der Waals surface area contributed by atoms with E-state index in [-0.39, 0.29) is 12.3 Å². The Hall–Kier alpha value is -4.00. The summed E-state index contributed by atoms with van der Waals surface area (Å²) in [5.41, 5.74) is 6.21. The molecule has 2 aromatic rings. The van der Waals surface area contributed by atoms with Gasteiger partial charge < -0.3 is 15.7 Å². The standard InChI is InChI=1S/C25H24N4O3/c1-15-3-9-22(26-14-15)29-25(32)18-6-7-19-13-20(12-18)28-24(27-19)21-8-4-17(11-16(21)2)5-10-23(30)31/h3-4,6-9,11-12,14H,5,10,13H2,1-2H3,(H,27,28)(H,30,31)(H,26,29,32). The number of hydrogen-bond donors (Lipinski definition) is 3. The molecule has 2 bridgehead atoms. The monoisotopic (exact) mass is 428 g/mol. The highest BCUT2D eigenvalue weighted by molar-refractivity contribution is 6.07. The van der Waals surface area contributed by atoms with E-state index in [9.17, 15) is 9.59 Å². The van der Waals surface area contributed by atoms with Crippen molar-refractivity contribution >= 4 is 23.5 Å². The van der Waals surface area contributed by atoms with Crippen LogP contribution in [0.2, 0.25) is 0 Å². The zero-order valence-corrected chi connectivity index (χ0v) is 18.0. The molecule has 0 unspecified atom stereocenters. The van der Waals surface area contributed by atoms with Gasteiger partial charge in [0.2, 0.25) is 0 Å². The van der Waals surface area contributed by atoms with E-state index >= 15 is 0 Å². The van der Waals surface area contributed by atoms with E-state index in [0.29, 0.717) is 30.1 Å². The molecule has 1 aromatic carbocycles. The van der Waals surface area contributed by atoms with E-state index in [1.807, 2.05) is 50.3 Å². The molecule has 0 saturated heterocycles. The number of aromatic nitrogens is 1. The first-order valence-corrected chi connectivity index (χ1v) is 10.4. The van der Waals surface area contributed by atoms with E-state index in [1.165, 1.54) is 0 Å². The number of allylic oxidation sites excluding steroid dienone is 2. The third kappa shape index (κ3) is 5.00. The third-order valence-electron chi connectivity index (χ3n) is 5.28. The number of hydrogen-bond acceptors (Lipinski definition) is 5. The van der Waals surface area contributed by atoms with Gasteiger partial charge in [-0.2, -0.15) is 0 Å². The van der Waals surface area contributed by atoms with Crippen LogP contribution < -0.4 is 10.6 Å². The minimum absolute atomic E-state index is 0.104. The molecule has 0 spiro atoms. The highest BCUT2D eigenvalue weighted by Gasteiger charge is 2.20. The molecular weight excluding hydrogens is 404 g/mol. The van der Waals surface area contributed by atoms with E-state index in [2.05, 4.69) is 15.6 Å². The van der Waals surface area contributed by atoms with Gasteiger partial charge in [0, 0.05) is 41.6 Å². The van der Waals surface area contributed by atoms with Crippen LogP contribution >= 0.6 is 0 Å². The first kappa shape index (κ1) is 21.2. The normalized spacial score (nSPS) is 14.8. The maximum Gasteiger partial charge on any atom is 0.303 e. The molecule has 3 N–H and O–H groups in total. The second-order valence-corrected chi connectivity index (χ2v) is 7.93. The zero-order chi connectivity index (χ0) is 22.7. The smallest absolute Gasteiger partial charge is 0.303 e. The van der Waals surface area contributed by atoms with Crippen LogP contribution in [0, 0.1) is 13.8 Å². The lowest BCUT2D eigenvalue weighted by atomic mass is 10.0. The average molecular weight is 428 g/mol. The molecular formula is C25H24N4O3. The van der Waals surface area contributed by atoms with Gasteiger partial charge in [0.05, 0.1) is 0 Å². The van der Waals surface area contributed by atoms with Gasteiger partial charge in [-0.15, -0.1) is 0 Å². The summed E-state index contributed by atoms with van der Waals surface area (Å²) in [6.07, 6.45) is 8.37. The van der Waals surface area contributed by atoms with Crippen molar-refractivity contribution in [2.75, 3.05) is 5.32 Å². The van der Waals surface area contributed by atoms with Gasteiger partial charge in [-0.25, -0.2) is 9.98 Å². The van der Waals surface area contributed by atoms with Crippen molar-refractivity contribution in [3.63, 3.8) is 0 Å². The molecule has 162 valence electrons. The number of amidine groups is 1. The molecule has 1 aliphatic heterocycles. The summed E-state index contributed by atoms with van der Waals surface area (Å²) in [6.45, 7) is 3.92. The number of anilines is 1. The first-order chi connectivity index (χ1) is 15.4. The average Bonchev–Trinajstić information content (AvgIpc) is 2.91. The summed E-state index contributed by atoms with van der Waals surface area (Å²) >= 11 is 0. The van der Waals surface area contributed by atoms with Crippen molar-refractivity contribution in [3.05, 3.63) is 94.0 Å². The lowest BCUT2D eigenvalue weighted by Crippen LogP contribution is -2.29. The van der Waals surface area contributed by atoms with Gasteiger partial charge in [0.15, 0.2) is 0 Å². The predicted molar refractivity (Wildman–Crippen MR) is 123 cm³/mol. The van der Waals surface area contributed by atoms with Gasteiger partial charge in [-0.05, 0) is 61.3 Å². The van der Waals surface area contributed by atoms with E-state index in [1.54, 1.807) is 18.3 Å². The SMILES string of the molecule is Cc1ccc(NC(=O)C2=CC=C3CC(=C2)NC(c2ccc(CCC(=O)O)cc2C)=N3)nc1. The lowest BCUT2D eigenvalue weighted by Gasteiger charge is -2.21. The Morgan fingerprint density at radius 2 is 2.00 bits per heavy atom. The number of pyridine rings is 1. The first-order valence-electron chi connectivity index (χ1n) is 10.4. The zero-order valence-electron chi connectivity index (χ0n) is 18.0. The highest BCUT2D eigenvalue weighted by Crippen LogP contribution is 2.25. The number of fused-ring (bicyclic) bond motifs is 2. The van der Waals surface area contributed by atoms with Crippen LogP contribution in [0.3, 0.4) is 0 Å². The van der Waals surface area contributed by atoms with Crippen LogP contribution in [0.1, 0.15) is 35.1 Å². The number of nitrogens with zero attached hydrogens (tertiary/aromatic N) is 2. The minimum Gasteiger partial charge on any atom is -0.481 e. The van der Waals surface area contributed by atoms with Crippen molar-refractivity contribution in [1.82, 2.24) is 10.3 Å². The molecule has 0 fully saturated rings. The predicted octanol–water partition coefficient (Wildman–Crippen LogP) is 3.80. The van der Waals surface area contributed by atoms with Gasteiger partial charge in [-0.1, -0.05) is 24.3 Å². The topological polar surface area (TPSA) is 104 Å². The largest absolute Gasteiger partial charge is 0.481 e. The second kappa shape index (κ2) is 9.01. The maximum absolute atomic E-state index is 12.7. The summed E-state index contributed by atoms with van der Waals surface area (Å²) < 4.78 is 0. The molecule has 1 amide bonds. The molecule has 2 heterocycles. The van der Waals surface area contributed by atoms with Gasteiger partial charge >= 0.3 is 5.97 Å². The number of carboxylic acid groups (broad SMARTS) is 1. The highest BCUT2D eigenvalue weighted by atomic mass is 16.4. The Balaban J connectivity index is 1.51. The Bertz CT molecular complexity index is 1200. The van der Waals surface area contributed by atoms with Crippen LogP contribution in [-0.2, 0) is 16.0 Å². The lowest BCUT2D eigenvalue weighted by molar-refractivity contribution is -0.137. The van der Waals surface area contributed by atoms with Crippen molar-refractivity contribution < 1.29 is 14.7 Å². The van der Waals surface area contributed by atoms with Crippen molar-refractivity contribution in [3.8, 4) is 0 Å². The number of aliphatic carboxylic acids is 1. The number of rotatable bonds is 6. The van der Waals surface area contributed by atoms with E-state index in [4.69, 9.17) is 10.1 Å². The number of benzene rings is 1. The number of aliphatic imine (C=N–C) groups is 1. The molecule has 1 aromatic heterocycles. The van der Waals surface area contributed by atoms with E-state index < -0.39 is 5.97 Å². The quantitative estimate of drug-likeness (QED) is 0.649. The molecule has 4 rings (SSSR count). The Morgan fingerprint density at radius 1 is 1.16 bits per heavy atom. The molecule has 1 aliphatic carbocycles. The van der Waals surface area contributed by atoms with Crippen LogP contribution in [0.15, 0.2) is 76.7 Å². The number of aryl methyl sites for hydroxylation is 3. The van der Waals surface area contributed by atoms with Gasteiger partial charge in [0.1, 0.15) is 11.7 Å². The van der Waals surface area contributed by atoms with Crippen LogP contribution in [0.25, 0.3) is 0 Å². The molecule has 32 heavy (non-hydrogen) atoms. The summed E-state index contributed by atoms with van der Waals surface area (Å²) in [7, 11) is 0. The fraction of sp³-hybridized carbons (Fsp3) is 0.200. The molecule has 0 saturated carbocycles. The fourth-order valence-electron chi connectivity index (χ4n) is 3.60. The van der Waals surface area contributed by atoms with Crippen LogP contribution in [0.5, 0.6) is 0 Å². The number of carbonyl (C=O) groups excluding carboxylic acids is 1. The number of nitrogens with one attached hydrogen (secondary N) is 2. The second-order valence-electron chi connectivity index (χ2n) is 7.93. The summed E-state index contributed by atoms with van der Waals surface area (Å²) in [5.74, 6) is 0.175. The van der Waals surface area contributed by atoms with E-state index in [0.717, 1.165) is 33.6 Å². The minimum atomic E-state index is -0.807. The summed E-state index contributed by atoms with van der Waals surface area (Å²) in [4.78, 5) is 32.5. The maximum atomic E-state index is 12.7. The Kier molecular flexibility index (Phi) is 5.98. The Labute approximate surface area is 186 Å². The molecule has 7 heteroatoms.